The van der Waals surface area contributed by atoms with Crippen LogP contribution in [0.5, 0.6) is 5.75 Å². The van der Waals surface area contributed by atoms with Crippen LogP contribution >= 0.6 is 0 Å². The molecule has 2 saturated heterocycles. The number of hydrogen-bond acceptors (Lipinski definition) is 5. The summed E-state index contributed by atoms with van der Waals surface area (Å²) in [5, 5.41) is 1.85. The van der Waals surface area contributed by atoms with E-state index in [1.165, 1.54) is 7.05 Å². The van der Waals surface area contributed by atoms with Gasteiger partial charge in [0.05, 0.1) is 19.3 Å². The lowest BCUT2D eigenvalue weighted by Crippen LogP contribution is -2.98. The molecule has 0 aromatic heterocycles. The van der Waals surface area contributed by atoms with Gasteiger partial charge in [0.15, 0.2) is 0 Å². The van der Waals surface area contributed by atoms with E-state index < -0.39 is 23.3 Å². The molecule has 0 spiro atoms. The summed E-state index contributed by atoms with van der Waals surface area (Å²) in [6.07, 6.45) is 0.394. The van der Waals surface area contributed by atoms with Crippen LogP contribution in [-0.2, 0) is 19.1 Å². The molecule has 0 radical (unpaired) electrons. The maximum atomic E-state index is 12.9. The number of benzene rings is 1. The van der Waals surface area contributed by atoms with Crippen LogP contribution in [0.4, 0.5) is 0 Å². The van der Waals surface area contributed by atoms with E-state index in [0.29, 0.717) is 12.2 Å². The highest BCUT2D eigenvalue weighted by Gasteiger charge is 2.71. The van der Waals surface area contributed by atoms with Crippen molar-refractivity contribution in [3.05, 3.63) is 29.8 Å². The van der Waals surface area contributed by atoms with Gasteiger partial charge < -0.3 is 14.8 Å². The van der Waals surface area contributed by atoms with E-state index in [1.807, 2.05) is 36.5 Å². The second kappa shape index (κ2) is 6.72. The third-order valence-electron chi connectivity index (χ3n) is 5.73. The number of fused-ring (bicyclic) bond motifs is 1. The Balaban J connectivity index is 2.15. The molecule has 0 saturated carbocycles. The summed E-state index contributed by atoms with van der Waals surface area (Å²) in [7, 11) is 3.05. The number of likely N-dealkylation sites (tertiary alicyclic amines) is 1. The monoisotopic (exact) mass is 361 g/mol. The first kappa shape index (κ1) is 18.4. The lowest BCUT2D eigenvalue weighted by molar-refractivity contribution is -0.734. The van der Waals surface area contributed by atoms with Gasteiger partial charge in [-0.25, -0.2) is 4.79 Å². The number of carbonyl (C=O) groups excluding carboxylic acids is 3. The molecule has 7 heteroatoms. The average Bonchev–Trinajstić information content (AvgIpc) is 3.12. The molecule has 2 aliphatic heterocycles. The fourth-order valence-corrected chi connectivity index (χ4v) is 4.43. The zero-order valence-corrected chi connectivity index (χ0v) is 15.5. The second-order valence-electron chi connectivity index (χ2n) is 6.79. The second-order valence-corrected chi connectivity index (χ2v) is 6.79. The Labute approximate surface area is 152 Å². The average molecular weight is 361 g/mol. The van der Waals surface area contributed by atoms with Crippen LogP contribution in [-0.4, -0.2) is 49.0 Å². The number of nitrogens with zero attached hydrogens (tertiary/aromatic N) is 1. The minimum absolute atomic E-state index is 0.225. The van der Waals surface area contributed by atoms with Crippen molar-refractivity contribution >= 4 is 17.8 Å². The predicted molar refractivity (Wildman–Crippen MR) is 92.1 cm³/mol. The summed E-state index contributed by atoms with van der Waals surface area (Å²) < 4.78 is 10.8. The smallest absolute Gasteiger partial charge is 0.368 e. The Morgan fingerprint density at radius 2 is 1.92 bits per heavy atom. The Kier molecular flexibility index (Phi) is 4.75. The number of hydrogen-bond donors (Lipinski definition) is 1. The van der Waals surface area contributed by atoms with Gasteiger partial charge in [0, 0.05) is 13.5 Å². The summed E-state index contributed by atoms with van der Waals surface area (Å²) in [6, 6.07) is 7.02. The summed E-state index contributed by atoms with van der Waals surface area (Å²) in [6.45, 7) is 3.81. The zero-order chi connectivity index (χ0) is 19.1. The van der Waals surface area contributed by atoms with Gasteiger partial charge in [0.25, 0.3) is 0 Å². The minimum atomic E-state index is -1.11. The van der Waals surface area contributed by atoms with Crippen LogP contribution in [0.15, 0.2) is 24.3 Å². The van der Waals surface area contributed by atoms with E-state index in [4.69, 9.17) is 9.47 Å². The number of carbonyl (C=O) groups is 3. The maximum absolute atomic E-state index is 12.9. The molecule has 2 heterocycles. The normalized spacial score (nSPS) is 30.5. The third kappa shape index (κ3) is 2.41. The molecule has 0 unspecified atom stereocenters. The first-order valence-corrected chi connectivity index (χ1v) is 8.90. The van der Waals surface area contributed by atoms with E-state index in [9.17, 15) is 14.4 Å². The molecular formula is C19H25N2O5+. The van der Waals surface area contributed by atoms with Gasteiger partial charge in [-0.2, -0.15) is 0 Å². The van der Waals surface area contributed by atoms with Crippen molar-refractivity contribution in [3.63, 3.8) is 0 Å². The Morgan fingerprint density at radius 1 is 1.23 bits per heavy atom. The lowest BCUT2D eigenvalue weighted by Gasteiger charge is -2.28. The van der Waals surface area contributed by atoms with Gasteiger partial charge in [-0.1, -0.05) is 19.1 Å². The van der Waals surface area contributed by atoms with Crippen LogP contribution in [0, 0.1) is 11.8 Å². The molecule has 2 fully saturated rings. The Hall–Kier alpha value is -2.41. The highest BCUT2D eigenvalue weighted by atomic mass is 16.5. The maximum Gasteiger partial charge on any atom is 0.368 e. The first-order chi connectivity index (χ1) is 12.4. The first-order valence-electron chi connectivity index (χ1n) is 8.90. The molecule has 26 heavy (non-hydrogen) atoms. The van der Waals surface area contributed by atoms with Gasteiger partial charge in [0.2, 0.25) is 17.4 Å². The van der Waals surface area contributed by atoms with E-state index in [1.54, 1.807) is 14.0 Å². The van der Waals surface area contributed by atoms with Crippen molar-refractivity contribution in [2.75, 3.05) is 20.8 Å². The van der Waals surface area contributed by atoms with Crippen molar-refractivity contribution in [2.24, 2.45) is 11.8 Å². The third-order valence-corrected chi connectivity index (χ3v) is 5.73. The molecule has 1 aromatic carbocycles. The van der Waals surface area contributed by atoms with Crippen LogP contribution in [0.3, 0.4) is 0 Å². The Bertz CT molecular complexity index is 749. The number of ether oxygens (including phenoxy) is 2. The van der Waals surface area contributed by atoms with Crippen molar-refractivity contribution in [1.82, 2.24) is 4.90 Å². The summed E-state index contributed by atoms with van der Waals surface area (Å²) in [5.74, 6) is -1.73. The number of para-hydroxylation sites is 1. The number of amides is 2. The van der Waals surface area contributed by atoms with Crippen LogP contribution in [0.1, 0.15) is 31.9 Å². The van der Waals surface area contributed by atoms with Crippen LogP contribution in [0.2, 0.25) is 0 Å². The van der Waals surface area contributed by atoms with E-state index in [-0.39, 0.29) is 24.5 Å². The van der Waals surface area contributed by atoms with Gasteiger partial charge in [-0.3, -0.25) is 14.5 Å². The number of nitrogens with two attached hydrogens (primary N) is 1. The van der Waals surface area contributed by atoms with Gasteiger partial charge in [0.1, 0.15) is 23.6 Å². The SMILES string of the molecule is CCOC(=O)[C@]1(CC)[NH2+][C@@H](c2ccccc2OC)[C@H]2C(=O)N(C)C(=O)[C@@H]21. The molecule has 4 atom stereocenters. The number of esters is 1. The minimum Gasteiger partial charge on any atom is -0.496 e. The van der Waals surface area contributed by atoms with Gasteiger partial charge >= 0.3 is 5.97 Å². The van der Waals surface area contributed by atoms with Crippen molar-refractivity contribution in [3.8, 4) is 5.75 Å². The largest absolute Gasteiger partial charge is 0.496 e. The summed E-state index contributed by atoms with van der Waals surface area (Å²) in [4.78, 5) is 39.7. The fraction of sp³-hybridized carbons (Fsp3) is 0.526. The summed E-state index contributed by atoms with van der Waals surface area (Å²) in [5.41, 5.74) is -0.301. The standard InChI is InChI=1S/C19H24N2O5/c1-5-19(18(24)26-6-2)14-13(16(22)21(3)17(14)23)15(20-19)11-9-7-8-10-12(11)25-4/h7-10,13-15,20H,5-6H2,1-4H3/p+1/t13-,14+,15-,19+/m0/s1. The van der Waals surface area contributed by atoms with E-state index in [0.717, 1.165) is 10.5 Å². The number of methoxy groups -OCH3 is 1. The lowest BCUT2D eigenvalue weighted by atomic mass is 9.78. The zero-order valence-electron chi connectivity index (χ0n) is 15.5. The van der Waals surface area contributed by atoms with Crippen LogP contribution in [0.25, 0.3) is 0 Å². The quantitative estimate of drug-likeness (QED) is 0.600. The molecular weight excluding hydrogens is 336 g/mol. The number of imide groups is 1. The molecule has 0 aliphatic carbocycles. The molecule has 0 bridgehead atoms. The molecule has 2 amide bonds. The van der Waals surface area contributed by atoms with E-state index in [2.05, 4.69) is 0 Å². The van der Waals surface area contributed by atoms with E-state index >= 15 is 0 Å². The molecule has 2 aliphatic rings. The topological polar surface area (TPSA) is 89.5 Å². The highest BCUT2D eigenvalue weighted by Crippen LogP contribution is 2.46. The summed E-state index contributed by atoms with van der Waals surface area (Å²) >= 11 is 0. The fourth-order valence-electron chi connectivity index (χ4n) is 4.43. The predicted octanol–water partition coefficient (Wildman–Crippen LogP) is 0.256. The van der Waals surface area contributed by atoms with Crippen molar-refractivity contribution < 1.29 is 29.2 Å². The number of rotatable bonds is 5. The number of quaternary nitrogens is 1. The van der Waals surface area contributed by atoms with Gasteiger partial charge in [-0.15, -0.1) is 0 Å². The Morgan fingerprint density at radius 3 is 2.54 bits per heavy atom. The molecule has 3 rings (SSSR count). The van der Waals surface area contributed by atoms with Crippen molar-refractivity contribution in [1.29, 1.82) is 0 Å². The van der Waals surface area contributed by atoms with Gasteiger partial charge in [-0.05, 0) is 19.1 Å². The molecule has 140 valence electrons. The molecule has 2 N–H and O–H groups in total. The van der Waals surface area contributed by atoms with Crippen LogP contribution < -0.4 is 10.1 Å². The molecule has 1 aromatic rings. The molecule has 7 nitrogen and oxygen atoms in total. The highest BCUT2D eigenvalue weighted by molar-refractivity contribution is 6.08. The van der Waals surface area contributed by atoms with Crippen molar-refractivity contribution in [2.45, 2.75) is 31.8 Å².